The molecule has 3 rings (SSSR count). The first-order valence-corrected chi connectivity index (χ1v) is 8.18. The Labute approximate surface area is 142 Å². The van der Waals surface area contributed by atoms with Crippen molar-refractivity contribution in [3.8, 4) is 0 Å². The molecular formula is C20H21N3O. The zero-order valence-corrected chi connectivity index (χ0v) is 14.3. The second-order valence-corrected chi connectivity index (χ2v) is 5.95. The normalized spacial score (nSPS) is 10.8. The maximum Gasteiger partial charge on any atom is 0.251 e. The van der Waals surface area contributed by atoms with Gasteiger partial charge < -0.3 is 5.32 Å². The number of benzene rings is 2. The van der Waals surface area contributed by atoms with Crippen molar-refractivity contribution in [3.63, 3.8) is 0 Å². The van der Waals surface area contributed by atoms with Gasteiger partial charge in [-0.2, -0.15) is 0 Å². The first-order valence-electron chi connectivity index (χ1n) is 8.18. The van der Waals surface area contributed by atoms with Crippen LogP contribution in [0.2, 0.25) is 0 Å². The summed E-state index contributed by atoms with van der Waals surface area (Å²) in [6.45, 7) is 6.50. The molecule has 0 aliphatic rings. The Hall–Kier alpha value is -2.75. The van der Waals surface area contributed by atoms with Crippen LogP contribution in [-0.4, -0.2) is 15.9 Å². The summed E-state index contributed by atoms with van der Waals surface area (Å²) < 4.78 is 0. The topological polar surface area (TPSA) is 54.9 Å². The van der Waals surface area contributed by atoms with Crippen molar-refractivity contribution in [1.82, 2.24) is 15.3 Å². The van der Waals surface area contributed by atoms with E-state index in [1.807, 2.05) is 19.9 Å². The smallest absolute Gasteiger partial charge is 0.251 e. The van der Waals surface area contributed by atoms with Crippen molar-refractivity contribution in [2.24, 2.45) is 0 Å². The van der Waals surface area contributed by atoms with Gasteiger partial charge in [0.25, 0.3) is 5.91 Å². The highest BCUT2D eigenvalue weighted by molar-refractivity contribution is 5.97. The Morgan fingerprint density at radius 1 is 0.917 bits per heavy atom. The SMILES string of the molecule is CCc1ccc(CNC(=O)c2ccc3nc(C)c(C)nc3c2)cc1. The molecule has 0 spiro atoms. The van der Waals surface area contributed by atoms with Crippen LogP contribution in [0.5, 0.6) is 0 Å². The van der Waals surface area contributed by atoms with E-state index >= 15 is 0 Å². The number of aromatic nitrogens is 2. The van der Waals surface area contributed by atoms with E-state index in [0.29, 0.717) is 12.1 Å². The summed E-state index contributed by atoms with van der Waals surface area (Å²) in [5.41, 5.74) is 6.34. The zero-order valence-electron chi connectivity index (χ0n) is 14.3. The Morgan fingerprint density at radius 2 is 1.54 bits per heavy atom. The number of amides is 1. The Bertz CT molecular complexity index is 885. The van der Waals surface area contributed by atoms with Gasteiger partial charge in [0, 0.05) is 12.1 Å². The first-order chi connectivity index (χ1) is 11.6. The number of carbonyl (C=O) groups is 1. The van der Waals surface area contributed by atoms with Gasteiger partial charge in [0.05, 0.1) is 22.4 Å². The Balaban J connectivity index is 1.74. The van der Waals surface area contributed by atoms with Crippen LogP contribution in [0.25, 0.3) is 11.0 Å². The van der Waals surface area contributed by atoms with Crippen LogP contribution in [-0.2, 0) is 13.0 Å². The molecule has 0 saturated carbocycles. The van der Waals surface area contributed by atoms with Gasteiger partial charge in [0.15, 0.2) is 0 Å². The number of fused-ring (bicyclic) bond motifs is 1. The van der Waals surface area contributed by atoms with Crippen molar-refractivity contribution >= 4 is 16.9 Å². The van der Waals surface area contributed by atoms with Crippen LogP contribution in [0.15, 0.2) is 42.5 Å². The zero-order chi connectivity index (χ0) is 17.1. The van der Waals surface area contributed by atoms with Crippen molar-refractivity contribution in [2.75, 3.05) is 0 Å². The van der Waals surface area contributed by atoms with E-state index < -0.39 is 0 Å². The lowest BCUT2D eigenvalue weighted by molar-refractivity contribution is 0.0951. The number of rotatable bonds is 4. The summed E-state index contributed by atoms with van der Waals surface area (Å²) >= 11 is 0. The van der Waals surface area contributed by atoms with Gasteiger partial charge in [-0.1, -0.05) is 31.2 Å². The predicted octanol–water partition coefficient (Wildman–Crippen LogP) is 3.74. The Kier molecular flexibility index (Phi) is 4.56. The second-order valence-electron chi connectivity index (χ2n) is 5.95. The van der Waals surface area contributed by atoms with E-state index in [2.05, 4.69) is 46.5 Å². The third kappa shape index (κ3) is 3.43. The maximum atomic E-state index is 12.4. The van der Waals surface area contributed by atoms with Crippen molar-refractivity contribution in [1.29, 1.82) is 0 Å². The van der Waals surface area contributed by atoms with Gasteiger partial charge in [0.1, 0.15) is 0 Å². The fourth-order valence-electron chi connectivity index (χ4n) is 2.55. The molecule has 4 heteroatoms. The van der Waals surface area contributed by atoms with E-state index in [4.69, 9.17) is 0 Å². The molecule has 1 N–H and O–H groups in total. The van der Waals surface area contributed by atoms with E-state index in [1.165, 1.54) is 5.56 Å². The molecular weight excluding hydrogens is 298 g/mol. The minimum atomic E-state index is -0.100. The van der Waals surface area contributed by atoms with E-state index in [-0.39, 0.29) is 5.91 Å². The van der Waals surface area contributed by atoms with Gasteiger partial charge >= 0.3 is 0 Å². The fourth-order valence-corrected chi connectivity index (χ4v) is 2.55. The molecule has 0 unspecified atom stereocenters. The summed E-state index contributed by atoms with van der Waals surface area (Å²) in [6.07, 6.45) is 1.02. The highest BCUT2D eigenvalue weighted by atomic mass is 16.1. The fraction of sp³-hybridized carbons (Fsp3) is 0.250. The lowest BCUT2D eigenvalue weighted by Gasteiger charge is -2.08. The number of hydrogen-bond donors (Lipinski definition) is 1. The molecule has 4 nitrogen and oxygen atoms in total. The van der Waals surface area contributed by atoms with Crippen LogP contribution in [0.1, 0.15) is 39.8 Å². The number of aryl methyl sites for hydroxylation is 3. The van der Waals surface area contributed by atoms with Crippen LogP contribution in [0, 0.1) is 13.8 Å². The molecule has 2 aromatic carbocycles. The van der Waals surface area contributed by atoms with E-state index in [9.17, 15) is 4.79 Å². The largest absolute Gasteiger partial charge is 0.348 e. The average Bonchev–Trinajstić information content (AvgIpc) is 2.60. The summed E-state index contributed by atoms with van der Waals surface area (Å²) in [5.74, 6) is -0.100. The quantitative estimate of drug-likeness (QED) is 0.797. The van der Waals surface area contributed by atoms with Crippen LogP contribution in [0.4, 0.5) is 0 Å². The highest BCUT2D eigenvalue weighted by Gasteiger charge is 2.08. The molecule has 3 aromatic rings. The summed E-state index contributed by atoms with van der Waals surface area (Å²) in [6, 6.07) is 13.7. The molecule has 1 heterocycles. The first kappa shape index (κ1) is 16.1. The molecule has 24 heavy (non-hydrogen) atoms. The van der Waals surface area contributed by atoms with Crippen molar-refractivity contribution < 1.29 is 4.79 Å². The summed E-state index contributed by atoms with van der Waals surface area (Å²) in [5, 5.41) is 2.96. The highest BCUT2D eigenvalue weighted by Crippen LogP contribution is 2.14. The van der Waals surface area contributed by atoms with Crippen LogP contribution < -0.4 is 5.32 Å². The molecule has 0 atom stereocenters. The Morgan fingerprint density at radius 3 is 2.21 bits per heavy atom. The number of nitrogens with one attached hydrogen (secondary N) is 1. The van der Waals surface area contributed by atoms with Crippen LogP contribution >= 0.6 is 0 Å². The standard InChI is InChI=1S/C20H21N3O/c1-4-15-5-7-16(8-6-15)12-21-20(24)17-9-10-18-19(11-17)23-14(3)13(2)22-18/h5-11H,4,12H2,1-3H3,(H,21,24). The minimum absolute atomic E-state index is 0.100. The summed E-state index contributed by atoms with van der Waals surface area (Å²) in [7, 11) is 0. The van der Waals surface area contributed by atoms with E-state index in [1.54, 1.807) is 12.1 Å². The van der Waals surface area contributed by atoms with Crippen molar-refractivity contribution in [3.05, 3.63) is 70.5 Å². The third-order valence-electron chi connectivity index (χ3n) is 4.22. The van der Waals surface area contributed by atoms with Crippen LogP contribution in [0.3, 0.4) is 0 Å². The molecule has 0 radical (unpaired) electrons. The lowest BCUT2D eigenvalue weighted by atomic mass is 10.1. The van der Waals surface area contributed by atoms with Gasteiger partial charge in [-0.25, -0.2) is 9.97 Å². The third-order valence-corrected chi connectivity index (χ3v) is 4.22. The predicted molar refractivity (Wildman–Crippen MR) is 96.0 cm³/mol. The van der Waals surface area contributed by atoms with Gasteiger partial charge in [-0.05, 0) is 49.6 Å². The number of carbonyl (C=O) groups excluding carboxylic acids is 1. The minimum Gasteiger partial charge on any atom is -0.348 e. The second kappa shape index (κ2) is 6.79. The number of nitrogens with zero attached hydrogens (tertiary/aromatic N) is 2. The molecule has 0 bridgehead atoms. The van der Waals surface area contributed by atoms with Gasteiger partial charge in [0.2, 0.25) is 0 Å². The number of hydrogen-bond acceptors (Lipinski definition) is 3. The average molecular weight is 319 g/mol. The molecule has 0 saturated heterocycles. The van der Waals surface area contributed by atoms with Gasteiger partial charge in [-0.15, -0.1) is 0 Å². The van der Waals surface area contributed by atoms with Gasteiger partial charge in [-0.3, -0.25) is 4.79 Å². The monoisotopic (exact) mass is 319 g/mol. The lowest BCUT2D eigenvalue weighted by Crippen LogP contribution is -2.22. The molecule has 1 amide bonds. The molecule has 0 aliphatic carbocycles. The molecule has 1 aromatic heterocycles. The summed E-state index contributed by atoms with van der Waals surface area (Å²) in [4.78, 5) is 21.4. The van der Waals surface area contributed by atoms with E-state index in [0.717, 1.165) is 34.4 Å². The molecule has 0 fully saturated rings. The maximum absolute atomic E-state index is 12.4. The van der Waals surface area contributed by atoms with Crippen molar-refractivity contribution in [2.45, 2.75) is 33.7 Å². The molecule has 0 aliphatic heterocycles. The molecule has 122 valence electrons.